The molecule has 1 aromatic carbocycles. The standard InChI is InChI=1S/C18H30N4O.HI/c1-19-18(21-11-6-14-23-2)20-10-5-12-22-13-9-16-7-3-4-8-17(16)15-22;/h3-4,7-8H,5-6,9-15H2,1-2H3,(H2,19,20,21);1H. The molecule has 2 N–H and O–H groups in total. The molecule has 0 saturated heterocycles. The van der Waals surface area contributed by atoms with Gasteiger partial charge in [0, 0.05) is 53.5 Å². The predicted molar refractivity (Wildman–Crippen MR) is 111 cm³/mol. The van der Waals surface area contributed by atoms with Crippen LogP contribution in [-0.4, -0.2) is 57.8 Å². The second-order valence-corrected chi connectivity index (χ2v) is 5.92. The molecule has 0 spiro atoms. The monoisotopic (exact) mass is 446 g/mol. The van der Waals surface area contributed by atoms with Gasteiger partial charge in [-0.2, -0.15) is 0 Å². The molecule has 2 rings (SSSR count). The lowest BCUT2D eigenvalue weighted by Gasteiger charge is -2.28. The number of halogens is 1. The van der Waals surface area contributed by atoms with E-state index in [2.05, 4.69) is 44.8 Å². The highest BCUT2D eigenvalue weighted by Gasteiger charge is 2.14. The lowest BCUT2D eigenvalue weighted by molar-refractivity contribution is 0.195. The van der Waals surface area contributed by atoms with Crippen molar-refractivity contribution in [2.24, 2.45) is 4.99 Å². The Kier molecular flexibility index (Phi) is 11.0. The first kappa shape index (κ1) is 21.2. The first-order valence-electron chi connectivity index (χ1n) is 8.56. The topological polar surface area (TPSA) is 48.9 Å². The van der Waals surface area contributed by atoms with Crippen LogP contribution in [0.4, 0.5) is 0 Å². The molecule has 1 aliphatic heterocycles. The quantitative estimate of drug-likeness (QED) is 0.279. The van der Waals surface area contributed by atoms with E-state index in [9.17, 15) is 0 Å². The first-order chi connectivity index (χ1) is 11.3. The molecule has 6 heteroatoms. The van der Waals surface area contributed by atoms with Gasteiger partial charge < -0.3 is 15.4 Å². The zero-order valence-electron chi connectivity index (χ0n) is 14.9. The molecule has 0 amide bonds. The lowest BCUT2D eigenvalue weighted by atomic mass is 10.00. The third-order valence-corrected chi connectivity index (χ3v) is 4.19. The van der Waals surface area contributed by atoms with Crippen molar-refractivity contribution in [3.63, 3.8) is 0 Å². The highest BCUT2D eigenvalue weighted by atomic mass is 127. The molecule has 0 radical (unpaired) electrons. The maximum Gasteiger partial charge on any atom is 0.190 e. The molecule has 5 nitrogen and oxygen atoms in total. The molecule has 0 unspecified atom stereocenters. The van der Waals surface area contributed by atoms with Crippen molar-refractivity contribution >= 4 is 29.9 Å². The average molecular weight is 446 g/mol. The summed E-state index contributed by atoms with van der Waals surface area (Å²) in [6.07, 6.45) is 3.29. The molecule has 0 bridgehead atoms. The van der Waals surface area contributed by atoms with E-state index in [0.29, 0.717) is 0 Å². The molecule has 1 aromatic rings. The van der Waals surface area contributed by atoms with Gasteiger partial charge >= 0.3 is 0 Å². The average Bonchev–Trinajstić information content (AvgIpc) is 2.60. The minimum absolute atomic E-state index is 0. The molecule has 136 valence electrons. The summed E-state index contributed by atoms with van der Waals surface area (Å²) in [4.78, 5) is 6.78. The minimum atomic E-state index is 0. The number of nitrogens with zero attached hydrogens (tertiary/aromatic N) is 2. The summed E-state index contributed by atoms with van der Waals surface area (Å²) in [5.41, 5.74) is 3.00. The van der Waals surface area contributed by atoms with Crippen LogP contribution in [0.15, 0.2) is 29.3 Å². The van der Waals surface area contributed by atoms with Gasteiger partial charge in [-0.3, -0.25) is 9.89 Å². The van der Waals surface area contributed by atoms with Crippen LogP contribution in [0, 0.1) is 0 Å². The summed E-state index contributed by atoms with van der Waals surface area (Å²) in [5.74, 6) is 0.880. The fraction of sp³-hybridized carbons (Fsp3) is 0.611. The highest BCUT2D eigenvalue weighted by Crippen LogP contribution is 2.18. The zero-order valence-corrected chi connectivity index (χ0v) is 17.2. The van der Waals surface area contributed by atoms with E-state index in [-0.39, 0.29) is 24.0 Å². The van der Waals surface area contributed by atoms with E-state index in [1.54, 1.807) is 7.11 Å². The number of hydrogen-bond acceptors (Lipinski definition) is 3. The van der Waals surface area contributed by atoms with Crippen LogP contribution < -0.4 is 10.6 Å². The first-order valence-corrected chi connectivity index (χ1v) is 8.56. The normalized spacial score (nSPS) is 14.7. The molecule has 0 aliphatic carbocycles. The summed E-state index contributed by atoms with van der Waals surface area (Å²) in [7, 11) is 3.54. The summed E-state index contributed by atoms with van der Waals surface area (Å²) in [6.45, 7) is 5.99. The number of hydrogen-bond donors (Lipinski definition) is 2. The number of benzene rings is 1. The molecule has 0 aromatic heterocycles. The molecule has 1 aliphatic rings. The molecular weight excluding hydrogens is 415 g/mol. The Labute approximate surface area is 163 Å². The number of fused-ring (bicyclic) bond motifs is 1. The van der Waals surface area contributed by atoms with Gasteiger partial charge in [-0.15, -0.1) is 24.0 Å². The predicted octanol–water partition coefficient (Wildman–Crippen LogP) is 2.25. The summed E-state index contributed by atoms with van der Waals surface area (Å²) >= 11 is 0. The van der Waals surface area contributed by atoms with Crippen molar-refractivity contribution in [1.82, 2.24) is 15.5 Å². The summed E-state index contributed by atoms with van der Waals surface area (Å²) in [6, 6.07) is 8.80. The third kappa shape index (κ3) is 7.36. The number of nitrogens with one attached hydrogen (secondary N) is 2. The van der Waals surface area contributed by atoms with Crippen LogP contribution in [0.3, 0.4) is 0 Å². The van der Waals surface area contributed by atoms with Crippen molar-refractivity contribution < 1.29 is 4.74 Å². The van der Waals surface area contributed by atoms with Gasteiger partial charge in [-0.1, -0.05) is 24.3 Å². The third-order valence-electron chi connectivity index (χ3n) is 4.19. The van der Waals surface area contributed by atoms with Crippen LogP contribution >= 0.6 is 24.0 Å². The maximum absolute atomic E-state index is 5.04. The largest absolute Gasteiger partial charge is 0.385 e. The zero-order chi connectivity index (χ0) is 16.3. The number of guanidine groups is 1. The highest BCUT2D eigenvalue weighted by molar-refractivity contribution is 14.0. The van der Waals surface area contributed by atoms with Crippen molar-refractivity contribution in [2.75, 3.05) is 46.9 Å². The van der Waals surface area contributed by atoms with Crippen molar-refractivity contribution in [2.45, 2.75) is 25.8 Å². The van der Waals surface area contributed by atoms with E-state index >= 15 is 0 Å². The van der Waals surface area contributed by atoms with Crippen LogP contribution in [0.25, 0.3) is 0 Å². The van der Waals surface area contributed by atoms with Gasteiger partial charge in [-0.05, 0) is 30.4 Å². The van der Waals surface area contributed by atoms with E-state index in [1.165, 1.54) is 24.1 Å². The number of methoxy groups -OCH3 is 1. The number of ether oxygens (including phenoxy) is 1. The van der Waals surface area contributed by atoms with Gasteiger partial charge in [0.05, 0.1) is 0 Å². The fourth-order valence-electron chi connectivity index (χ4n) is 2.90. The molecule has 0 atom stereocenters. The smallest absolute Gasteiger partial charge is 0.190 e. The second kappa shape index (κ2) is 12.5. The van der Waals surface area contributed by atoms with Gasteiger partial charge in [0.15, 0.2) is 5.96 Å². The fourth-order valence-corrected chi connectivity index (χ4v) is 2.90. The van der Waals surface area contributed by atoms with Crippen LogP contribution in [-0.2, 0) is 17.7 Å². The van der Waals surface area contributed by atoms with Crippen LogP contribution in [0.5, 0.6) is 0 Å². The molecular formula is C18H31IN4O. The molecule has 0 saturated carbocycles. The van der Waals surface area contributed by atoms with Crippen molar-refractivity contribution in [3.05, 3.63) is 35.4 Å². The van der Waals surface area contributed by atoms with E-state index in [1.807, 2.05) is 7.05 Å². The van der Waals surface area contributed by atoms with E-state index in [0.717, 1.165) is 51.6 Å². The maximum atomic E-state index is 5.04. The number of rotatable bonds is 8. The Bertz CT molecular complexity index is 496. The SMILES string of the molecule is CN=C(NCCCOC)NCCCN1CCc2ccccc2C1.I. The van der Waals surface area contributed by atoms with Crippen LogP contribution in [0.1, 0.15) is 24.0 Å². The lowest BCUT2D eigenvalue weighted by Crippen LogP contribution is -2.39. The van der Waals surface area contributed by atoms with Gasteiger partial charge in [0.2, 0.25) is 0 Å². The Morgan fingerprint density at radius 1 is 1.17 bits per heavy atom. The summed E-state index contributed by atoms with van der Waals surface area (Å²) in [5, 5.41) is 6.68. The molecule has 1 heterocycles. The van der Waals surface area contributed by atoms with Crippen molar-refractivity contribution in [3.8, 4) is 0 Å². The Morgan fingerprint density at radius 3 is 2.58 bits per heavy atom. The molecule has 0 fully saturated rings. The Morgan fingerprint density at radius 2 is 1.88 bits per heavy atom. The van der Waals surface area contributed by atoms with E-state index < -0.39 is 0 Å². The van der Waals surface area contributed by atoms with Gasteiger partial charge in [0.25, 0.3) is 0 Å². The van der Waals surface area contributed by atoms with Gasteiger partial charge in [-0.25, -0.2) is 0 Å². The number of aliphatic imine (C=N–C) groups is 1. The van der Waals surface area contributed by atoms with Gasteiger partial charge in [0.1, 0.15) is 0 Å². The van der Waals surface area contributed by atoms with Crippen molar-refractivity contribution in [1.29, 1.82) is 0 Å². The Hall–Kier alpha value is -0.860. The van der Waals surface area contributed by atoms with Crippen LogP contribution in [0.2, 0.25) is 0 Å². The second-order valence-electron chi connectivity index (χ2n) is 5.92. The van der Waals surface area contributed by atoms with E-state index in [4.69, 9.17) is 4.74 Å². The minimum Gasteiger partial charge on any atom is -0.385 e. The Balaban J connectivity index is 0.00000288. The summed E-state index contributed by atoms with van der Waals surface area (Å²) < 4.78 is 5.04. The molecule has 24 heavy (non-hydrogen) atoms.